The standard InChI is InChI=1S/C22H26ClNO2/c1-16(22(25)19-5-7-20(23)8-6-19)24-13-11-18(12-14-24)15-17-3-9-21(26-2)10-4-17/h3-10,16,18H,11-15H2,1-2H3. The topological polar surface area (TPSA) is 29.5 Å². The Morgan fingerprint density at radius 2 is 1.73 bits per heavy atom. The molecule has 0 spiro atoms. The summed E-state index contributed by atoms with van der Waals surface area (Å²) >= 11 is 5.92. The molecule has 1 aliphatic heterocycles. The summed E-state index contributed by atoms with van der Waals surface area (Å²) in [6.07, 6.45) is 3.35. The second-order valence-electron chi connectivity index (χ2n) is 7.08. The van der Waals surface area contributed by atoms with Crippen LogP contribution in [-0.4, -0.2) is 36.9 Å². The minimum Gasteiger partial charge on any atom is -0.497 e. The fourth-order valence-corrected chi connectivity index (χ4v) is 3.79. The Hall–Kier alpha value is -1.84. The summed E-state index contributed by atoms with van der Waals surface area (Å²) < 4.78 is 5.22. The number of ketones is 1. The molecule has 0 bridgehead atoms. The lowest BCUT2D eigenvalue weighted by Gasteiger charge is -2.35. The molecule has 138 valence electrons. The molecule has 1 unspecified atom stereocenters. The smallest absolute Gasteiger partial charge is 0.179 e. The number of nitrogens with zero attached hydrogens (tertiary/aromatic N) is 1. The van der Waals surface area contributed by atoms with Gasteiger partial charge in [0.05, 0.1) is 13.2 Å². The molecule has 0 radical (unpaired) electrons. The monoisotopic (exact) mass is 371 g/mol. The van der Waals surface area contributed by atoms with Crippen LogP contribution in [0, 0.1) is 5.92 Å². The van der Waals surface area contributed by atoms with Crippen molar-refractivity contribution in [3.05, 3.63) is 64.7 Å². The SMILES string of the molecule is COc1ccc(CC2CCN(C(C)C(=O)c3ccc(Cl)cc3)CC2)cc1. The van der Waals surface area contributed by atoms with Gasteiger partial charge in [0.25, 0.3) is 0 Å². The van der Waals surface area contributed by atoms with E-state index in [0.29, 0.717) is 10.9 Å². The number of halogens is 1. The molecule has 3 nitrogen and oxygen atoms in total. The molecule has 3 rings (SSSR count). The third kappa shape index (κ3) is 4.66. The van der Waals surface area contributed by atoms with Gasteiger partial charge in [0.15, 0.2) is 5.78 Å². The quantitative estimate of drug-likeness (QED) is 0.678. The fraction of sp³-hybridized carbons (Fsp3) is 0.409. The van der Waals surface area contributed by atoms with Gasteiger partial charge < -0.3 is 4.74 Å². The average molecular weight is 372 g/mol. The Labute approximate surface area is 160 Å². The van der Waals surface area contributed by atoms with Crippen molar-refractivity contribution in [1.82, 2.24) is 4.90 Å². The number of benzene rings is 2. The minimum absolute atomic E-state index is 0.0851. The van der Waals surface area contributed by atoms with Crippen molar-refractivity contribution < 1.29 is 9.53 Å². The zero-order chi connectivity index (χ0) is 18.5. The van der Waals surface area contributed by atoms with Crippen LogP contribution in [0.5, 0.6) is 5.75 Å². The van der Waals surface area contributed by atoms with E-state index in [9.17, 15) is 4.79 Å². The lowest BCUT2D eigenvalue weighted by atomic mass is 9.89. The van der Waals surface area contributed by atoms with E-state index in [1.807, 2.05) is 31.2 Å². The maximum absolute atomic E-state index is 12.7. The van der Waals surface area contributed by atoms with Crippen LogP contribution < -0.4 is 4.74 Å². The fourth-order valence-electron chi connectivity index (χ4n) is 3.66. The van der Waals surface area contributed by atoms with Gasteiger partial charge in [-0.2, -0.15) is 0 Å². The third-order valence-corrected chi connectivity index (χ3v) is 5.64. The molecular weight excluding hydrogens is 346 g/mol. The van der Waals surface area contributed by atoms with Gasteiger partial charge in [-0.15, -0.1) is 0 Å². The van der Waals surface area contributed by atoms with Crippen LogP contribution in [0.2, 0.25) is 5.02 Å². The number of hydrogen-bond donors (Lipinski definition) is 0. The first kappa shape index (κ1) is 18.9. The van der Waals surface area contributed by atoms with Gasteiger partial charge in [-0.05, 0) is 87.2 Å². The normalized spacial score (nSPS) is 17.0. The molecule has 1 atom stereocenters. The maximum atomic E-state index is 12.7. The number of hydrogen-bond acceptors (Lipinski definition) is 3. The molecule has 1 aliphatic rings. The van der Waals surface area contributed by atoms with Crippen molar-refractivity contribution >= 4 is 17.4 Å². The van der Waals surface area contributed by atoms with Crippen molar-refractivity contribution in [1.29, 1.82) is 0 Å². The van der Waals surface area contributed by atoms with Gasteiger partial charge in [0.2, 0.25) is 0 Å². The number of carbonyl (C=O) groups excluding carboxylic acids is 1. The minimum atomic E-state index is -0.0851. The van der Waals surface area contributed by atoms with Gasteiger partial charge in [-0.3, -0.25) is 9.69 Å². The van der Waals surface area contributed by atoms with Gasteiger partial charge >= 0.3 is 0 Å². The Kier molecular flexibility index (Phi) is 6.33. The van der Waals surface area contributed by atoms with Crippen LogP contribution in [0.3, 0.4) is 0 Å². The van der Waals surface area contributed by atoms with Crippen LogP contribution in [0.1, 0.15) is 35.7 Å². The number of carbonyl (C=O) groups is 1. The predicted octanol–water partition coefficient (Wildman–Crippen LogP) is 4.87. The van der Waals surface area contributed by atoms with E-state index in [1.165, 1.54) is 5.56 Å². The Morgan fingerprint density at radius 3 is 2.31 bits per heavy atom. The first-order valence-corrected chi connectivity index (χ1v) is 9.61. The van der Waals surface area contributed by atoms with Crippen molar-refractivity contribution in [3.63, 3.8) is 0 Å². The summed E-state index contributed by atoms with van der Waals surface area (Å²) in [6.45, 7) is 3.96. The van der Waals surface area contributed by atoms with Crippen molar-refractivity contribution in [2.75, 3.05) is 20.2 Å². The zero-order valence-electron chi connectivity index (χ0n) is 15.5. The second kappa shape index (κ2) is 8.70. The van der Waals surface area contributed by atoms with Crippen LogP contribution in [0.4, 0.5) is 0 Å². The summed E-state index contributed by atoms with van der Waals surface area (Å²) in [7, 11) is 1.69. The van der Waals surface area contributed by atoms with Crippen LogP contribution in [0.25, 0.3) is 0 Å². The summed E-state index contributed by atoms with van der Waals surface area (Å²) in [5, 5.41) is 0.661. The number of rotatable bonds is 6. The summed E-state index contributed by atoms with van der Waals surface area (Å²) in [5.74, 6) is 1.76. The molecule has 0 saturated carbocycles. The molecule has 1 heterocycles. The summed E-state index contributed by atoms with van der Waals surface area (Å²) in [5.41, 5.74) is 2.09. The van der Waals surface area contributed by atoms with Crippen LogP contribution in [-0.2, 0) is 6.42 Å². The molecule has 1 saturated heterocycles. The Balaban J connectivity index is 1.52. The molecular formula is C22H26ClNO2. The highest BCUT2D eigenvalue weighted by Gasteiger charge is 2.27. The van der Waals surface area contributed by atoms with Crippen molar-refractivity contribution in [2.24, 2.45) is 5.92 Å². The van der Waals surface area contributed by atoms with Gasteiger partial charge in [0, 0.05) is 10.6 Å². The van der Waals surface area contributed by atoms with Gasteiger partial charge in [0.1, 0.15) is 5.75 Å². The van der Waals surface area contributed by atoms with Gasteiger partial charge in [-0.25, -0.2) is 0 Å². The molecule has 0 aliphatic carbocycles. The van der Waals surface area contributed by atoms with E-state index < -0.39 is 0 Å². The number of methoxy groups -OCH3 is 1. The van der Waals surface area contributed by atoms with E-state index in [-0.39, 0.29) is 11.8 Å². The third-order valence-electron chi connectivity index (χ3n) is 5.39. The van der Waals surface area contributed by atoms with E-state index in [2.05, 4.69) is 17.0 Å². The molecule has 26 heavy (non-hydrogen) atoms. The van der Waals surface area contributed by atoms with Crippen LogP contribution in [0.15, 0.2) is 48.5 Å². The van der Waals surface area contributed by atoms with Crippen molar-refractivity contribution in [2.45, 2.75) is 32.2 Å². The maximum Gasteiger partial charge on any atom is 0.179 e. The zero-order valence-corrected chi connectivity index (χ0v) is 16.2. The van der Waals surface area contributed by atoms with Crippen molar-refractivity contribution in [3.8, 4) is 5.75 Å². The lowest BCUT2D eigenvalue weighted by Crippen LogP contribution is -2.44. The highest BCUT2D eigenvalue weighted by atomic mass is 35.5. The molecule has 4 heteroatoms. The van der Waals surface area contributed by atoms with Crippen LogP contribution >= 0.6 is 11.6 Å². The van der Waals surface area contributed by atoms with E-state index in [0.717, 1.165) is 43.7 Å². The van der Waals surface area contributed by atoms with E-state index >= 15 is 0 Å². The highest BCUT2D eigenvalue weighted by molar-refractivity contribution is 6.30. The summed E-state index contributed by atoms with van der Waals surface area (Å²) in [6, 6.07) is 15.5. The molecule has 2 aromatic rings. The number of Topliss-reactive ketones (excluding diaryl/α,β-unsaturated/α-hetero) is 1. The molecule has 1 fully saturated rings. The number of piperidine rings is 1. The Morgan fingerprint density at radius 1 is 1.12 bits per heavy atom. The van der Waals surface area contributed by atoms with E-state index in [1.54, 1.807) is 19.2 Å². The predicted molar refractivity (Wildman–Crippen MR) is 106 cm³/mol. The molecule has 0 amide bonds. The molecule has 2 aromatic carbocycles. The van der Waals surface area contributed by atoms with Gasteiger partial charge in [-0.1, -0.05) is 23.7 Å². The first-order valence-electron chi connectivity index (χ1n) is 9.23. The molecule has 0 aromatic heterocycles. The largest absolute Gasteiger partial charge is 0.497 e. The molecule has 0 N–H and O–H groups in total. The average Bonchev–Trinajstić information content (AvgIpc) is 2.69. The summed E-state index contributed by atoms with van der Waals surface area (Å²) in [4.78, 5) is 15.0. The number of ether oxygens (including phenoxy) is 1. The highest BCUT2D eigenvalue weighted by Crippen LogP contribution is 2.25. The second-order valence-corrected chi connectivity index (χ2v) is 7.52. The number of likely N-dealkylation sites (tertiary alicyclic amines) is 1. The lowest BCUT2D eigenvalue weighted by molar-refractivity contribution is 0.0771. The Bertz CT molecular complexity index is 719. The van der Waals surface area contributed by atoms with E-state index in [4.69, 9.17) is 16.3 Å². The first-order chi connectivity index (χ1) is 12.6.